The van der Waals surface area contributed by atoms with Crippen LogP contribution in [0.15, 0.2) is 6.07 Å². The maximum absolute atomic E-state index is 5.58. The van der Waals surface area contributed by atoms with Crippen LogP contribution in [0.4, 0.5) is 11.6 Å². The number of anilines is 2. The van der Waals surface area contributed by atoms with Crippen molar-refractivity contribution < 1.29 is 0 Å². The fourth-order valence-corrected chi connectivity index (χ4v) is 2.70. The van der Waals surface area contributed by atoms with Crippen LogP contribution in [0.5, 0.6) is 0 Å². The normalized spacial score (nSPS) is 21.2. The summed E-state index contributed by atoms with van der Waals surface area (Å²) >= 11 is 0. The molecule has 0 bridgehead atoms. The van der Waals surface area contributed by atoms with Gasteiger partial charge in [0.05, 0.1) is 0 Å². The van der Waals surface area contributed by atoms with E-state index in [-0.39, 0.29) is 5.41 Å². The second kappa shape index (κ2) is 6.15. The molecule has 1 aliphatic rings. The fourth-order valence-electron chi connectivity index (χ4n) is 2.70. The van der Waals surface area contributed by atoms with Crippen LogP contribution in [-0.2, 0) is 5.41 Å². The number of nitrogens with one attached hydrogen (secondary N) is 1. The predicted octanol–water partition coefficient (Wildman–Crippen LogP) is 1.59. The van der Waals surface area contributed by atoms with Crippen molar-refractivity contribution in [2.24, 2.45) is 5.84 Å². The van der Waals surface area contributed by atoms with Gasteiger partial charge in [0.15, 0.2) is 0 Å². The zero-order valence-corrected chi connectivity index (χ0v) is 13.8. The van der Waals surface area contributed by atoms with Crippen LogP contribution in [0.1, 0.15) is 39.9 Å². The average molecular weight is 292 g/mol. The van der Waals surface area contributed by atoms with Crippen molar-refractivity contribution in [2.45, 2.75) is 45.6 Å². The van der Waals surface area contributed by atoms with E-state index < -0.39 is 0 Å². The second-order valence-electron chi connectivity index (χ2n) is 6.99. The smallest absolute Gasteiger partial charge is 0.145 e. The number of nitrogens with zero attached hydrogens (tertiary/aromatic N) is 4. The minimum absolute atomic E-state index is 0.104. The number of likely N-dealkylation sites (N-methyl/N-ethyl adjacent to an activating group) is 1. The summed E-state index contributed by atoms with van der Waals surface area (Å²) in [5.41, 5.74) is 2.57. The van der Waals surface area contributed by atoms with Crippen molar-refractivity contribution >= 4 is 11.6 Å². The van der Waals surface area contributed by atoms with E-state index in [9.17, 15) is 0 Å². The molecule has 0 radical (unpaired) electrons. The molecule has 0 amide bonds. The van der Waals surface area contributed by atoms with Crippen molar-refractivity contribution in [2.75, 3.05) is 37.0 Å². The van der Waals surface area contributed by atoms with Crippen LogP contribution >= 0.6 is 0 Å². The molecule has 1 aromatic rings. The van der Waals surface area contributed by atoms with E-state index in [1.54, 1.807) is 0 Å². The van der Waals surface area contributed by atoms with Gasteiger partial charge in [0.1, 0.15) is 17.5 Å². The topological polar surface area (TPSA) is 70.3 Å². The highest BCUT2D eigenvalue weighted by Gasteiger charge is 2.24. The van der Waals surface area contributed by atoms with Crippen molar-refractivity contribution in [3.8, 4) is 0 Å². The molecule has 0 aliphatic carbocycles. The maximum atomic E-state index is 5.58. The molecule has 118 valence electrons. The molecule has 0 spiro atoms. The van der Waals surface area contributed by atoms with Gasteiger partial charge in [-0.05, 0) is 26.9 Å². The van der Waals surface area contributed by atoms with Crippen LogP contribution in [0.2, 0.25) is 0 Å². The Morgan fingerprint density at radius 3 is 2.62 bits per heavy atom. The van der Waals surface area contributed by atoms with E-state index in [4.69, 9.17) is 10.8 Å². The third-order valence-corrected chi connectivity index (χ3v) is 3.87. The molecule has 1 saturated heterocycles. The lowest BCUT2D eigenvalue weighted by molar-refractivity contribution is 0.337. The number of hydrogen-bond acceptors (Lipinski definition) is 6. The molecule has 1 unspecified atom stereocenters. The molecule has 6 heteroatoms. The predicted molar refractivity (Wildman–Crippen MR) is 87.5 cm³/mol. The summed E-state index contributed by atoms with van der Waals surface area (Å²) in [4.78, 5) is 14.0. The SMILES string of the molecule is CC1CN(C)CCCN1c1cc(NN)nc(C(C)(C)C)n1. The van der Waals surface area contributed by atoms with Crippen molar-refractivity contribution in [1.29, 1.82) is 0 Å². The van der Waals surface area contributed by atoms with E-state index in [1.807, 2.05) is 6.07 Å². The first kappa shape index (κ1) is 16.0. The monoisotopic (exact) mass is 292 g/mol. The zero-order chi connectivity index (χ0) is 15.6. The van der Waals surface area contributed by atoms with Gasteiger partial charge in [-0.25, -0.2) is 15.8 Å². The van der Waals surface area contributed by atoms with Crippen molar-refractivity contribution in [1.82, 2.24) is 14.9 Å². The van der Waals surface area contributed by atoms with Crippen LogP contribution in [0.25, 0.3) is 0 Å². The second-order valence-corrected chi connectivity index (χ2v) is 6.99. The lowest BCUT2D eigenvalue weighted by atomic mass is 9.96. The summed E-state index contributed by atoms with van der Waals surface area (Å²) in [5, 5.41) is 0. The van der Waals surface area contributed by atoms with Gasteiger partial charge >= 0.3 is 0 Å². The van der Waals surface area contributed by atoms with Gasteiger partial charge in [0, 0.05) is 30.6 Å². The van der Waals surface area contributed by atoms with Gasteiger partial charge < -0.3 is 15.2 Å². The summed E-state index contributed by atoms with van der Waals surface area (Å²) in [6, 6.07) is 2.36. The quantitative estimate of drug-likeness (QED) is 0.637. The summed E-state index contributed by atoms with van der Waals surface area (Å²) in [6.45, 7) is 11.8. The Morgan fingerprint density at radius 1 is 1.29 bits per heavy atom. The molecule has 0 saturated carbocycles. The first-order valence-corrected chi connectivity index (χ1v) is 7.62. The Kier molecular flexibility index (Phi) is 4.68. The van der Waals surface area contributed by atoms with E-state index in [1.165, 1.54) is 0 Å². The molecule has 2 heterocycles. The first-order chi connectivity index (χ1) is 9.81. The van der Waals surface area contributed by atoms with Crippen LogP contribution in [0.3, 0.4) is 0 Å². The Bertz CT molecular complexity index is 482. The molecule has 1 atom stereocenters. The van der Waals surface area contributed by atoms with Crippen LogP contribution in [-0.4, -0.2) is 47.6 Å². The maximum Gasteiger partial charge on any atom is 0.145 e. The van der Waals surface area contributed by atoms with E-state index >= 15 is 0 Å². The van der Waals surface area contributed by atoms with Crippen molar-refractivity contribution in [3.05, 3.63) is 11.9 Å². The molecule has 0 aromatic carbocycles. The number of hydrogen-bond donors (Lipinski definition) is 2. The Morgan fingerprint density at radius 2 is 2.00 bits per heavy atom. The minimum Gasteiger partial charge on any atom is -0.352 e. The highest BCUT2D eigenvalue weighted by molar-refractivity contribution is 5.50. The van der Waals surface area contributed by atoms with Gasteiger partial charge in [-0.3, -0.25) is 0 Å². The van der Waals surface area contributed by atoms with Gasteiger partial charge in [0.2, 0.25) is 0 Å². The lowest BCUT2D eigenvalue weighted by Gasteiger charge is -2.30. The van der Waals surface area contributed by atoms with Crippen LogP contribution < -0.4 is 16.2 Å². The molecule has 1 aliphatic heterocycles. The molecular formula is C15H28N6. The van der Waals surface area contributed by atoms with Crippen LogP contribution in [0, 0.1) is 0 Å². The van der Waals surface area contributed by atoms with Crippen molar-refractivity contribution in [3.63, 3.8) is 0 Å². The molecule has 1 aromatic heterocycles. The number of rotatable bonds is 2. The van der Waals surface area contributed by atoms with E-state index in [0.29, 0.717) is 11.9 Å². The molecule has 21 heavy (non-hydrogen) atoms. The summed E-state index contributed by atoms with van der Waals surface area (Å²) in [6.07, 6.45) is 1.14. The highest BCUT2D eigenvalue weighted by atomic mass is 15.3. The van der Waals surface area contributed by atoms with Gasteiger partial charge in [-0.2, -0.15) is 0 Å². The lowest BCUT2D eigenvalue weighted by Crippen LogP contribution is -2.39. The summed E-state index contributed by atoms with van der Waals surface area (Å²) < 4.78 is 0. The number of hydrazine groups is 1. The Labute approximate surface area is 127 Å². The third-order valence-electron chi connectivity index (χ3n) is 3.87. The van der Waals surface area contributed by atoms with Gasteiger partial charge in [0.25, 0.3) is 0 Å². The summed E-state index contributed by atoms with van der Waals surface area (Å²) in [5.74, 6) is 8.04. The highest BCUT2D eigenvalue weighted by Crippen LogP contribution is 2.25. The number of aromatic nitrogens is 2. The molecular weight excluding hydrogens is 264 g/mol. The minimum atomic E-state index is -0.104. The number of nitrogen functional groups attached to an aromatic ring is 1. The molecule has 3 N–H and O–H groups in total. The average Bonchev–Trinajstić information content (AvgIpc) is 2.57. The number of nitrogens with two attached hydrogens (primary N) is 1. The van der Waals surface area contributed by atoms with E-state index in [0.717, 1.165) is 37.7 Å². The zero-order valence-electron chi connectivity index (χ0n) is 13.8. The third kappa shape index (κ3) is 3.83. The van der Waals surface area contributed by atoms with Gasteiger partial charge in [-0.15, -0.1) is 0 Å². The van der Waals surface area contributed by atoms with Gasteiger partial charge in [-0.1, -0.05) is 20.8 Å². The Balaban J connectivity index is 2.37. The summed E-state index contributed by atoms with van der Waals surface area (Å²) in [7, 11) is 2.17. The molecule has 6 nitrogen and oxygen atoms in total. The standard InChI is InChI=1S/C15H28N6/c1-11-10-20(5)7-6-8-21(11)13-9-12(19-16)17-14(18-13)15(2,3)4/h9,11H,6-8,10,16H2,1-5H3,(H,17,18,19). The van der Waals surface area contributed by atoms with E-state index in [2.05, 4.69) is 55.0 Å². The molecule has 2 rings (SSSR count). The Hall–Kier alpha value is -1.40. The molecule has 1 fully saturated rings. The fraction of sp³-hybridized carbons (Fsp3) is 0.733. The largest absolute Gasteiger partial charge is 0.352 e. The first-order valence-electron chi connectivity index (χ1n) is 7.62.